The first-order valence-corrected chi connectivity index (χ1v) is 6.12. The predicted octanol–water partition coefficient (Wildman–Crippen LogP) is 2.73. The van der Waals surface area contributed by atoms with E-state index in [1.54, 1.807) is 42.5 Å². The number of ether oxygens (including phenoxy) is 1. The molecule has 2 aromatic rings. The standard InChI is InChI=1S/C16H14O3/c17-14-7-6-13-11-16(18,9-8-12(13)10-14)19-15-4-2-1-3-5-15/h1-10,17-18H,11H2. The van der Waals surface area contributed by atoms with Gasteiger partial charge in [-0.1, -0.05) is 30.3 Å². The van der Waals surface area contributed by atoms with Gasteiger partial charge in [-0.15, -0.1) is 0 Å². The number of hydrogen-bond donors (Lipinski definition) is 2. The average Bonchev–Trinajstić information content (AvgIpc) is 2.40. The van der Waals surface area contributed by atoms with Gasteiger partial charge in [-0.2, -0.15) is 0 Å². The molecule has 3 heteroatoms. The van der Waals surface area contributed by atoms with Crippen LogP contribution in [0.15, 0.2) is 54.6 Å². The summed E-state index contributed by atoms with van der Waals surface area (Å²) in [7, 11) is 0. The maximum atomic E-state index is 10.5. The van der Waals surface area contributed by atoms with Gasteiger partial charge in [0.15, 0.2) is 0 Å². The van der Waals surface area contributed by atoms with Crippen LogP contribution in [0.4, 0.5) is 0 Å². The van der Waals surface area contributed by atoms with Crippen molar-refractivity contribution >= 4 is 6.08 Å². The zero-order valence-electron chi connectivity index (χ0n) is 10.3. The Kier molecular flexibility index (Phi) is 2.76. The van der Waals surface area contributed by atoms with Crippen molar-refractivity contribution in [2.24, 2.45) is 0 Å². The number of para-hydroxylation sites is 1. The lowest BCUT2D eigenvalue weighted by molar-refractivity contribution is -0.0933. The molecule has 0 aromatic heterocycles. The molecule has 1 aliphatic carbocycles. The van der Waals surface area contributed by atoms with Gasteiger partial charge < -0.3 is 14.9 Å². The van der Waals surface area contributed by atoms with Gasteiger partial charge in [-0.05, 0) is 41.5 Å². The second-order valence-electron chi connectivity index (χ2n) is 4.65. The van der Waals surface area contributed by atoms with E-state index in [-0.39, 0.29) is 5.75 Å². The van der Waals surface area contributed by atoms with Crippen LogP contribution in [0.3, 0.4) is 0 Å². The van der Waals surface area contributed by atoms with E-state index < -0.39 is 5.79 Å². The van der Waals surface area contributed by atoms with Crippen LogP contribution in [0, 0.1) is 0 Å². The molecule has 0 saturated carbocycles. The molecule has 96 valence electrons. The maximum absolute atomic E-state index is 10.5. The smallest absolute Gasteiger partial charge is 0.232 e. The van der Waals surface area contributed by atoms with Crippen molar-refractivity contribution in [3.63, 3.8) is 0 Å². The van der Waals surface area contributed by atoms with Crippen LogP contribution in [0.2, 0.25) is 0 Å². The fraction of sp³-hybridized carbons (Fsp3) is 0.125. The van der Waals surface area contributed by atoms with Gasteiger partial charge in [0.05, 0.1) is 0 Å². The van der Waals surface area contributed by atoms with Crippen molar-refractivity contribution in [2.75, 3.05) is 0 Å². The summed E-state index contributed by atoms with van der Waals surface area (Å²) in [4.78, 5) is 0. The molecule has 3 rings (SSSR count). The summed E-state index contributed by atoms with van der Waals surface area (Å²) in [6, 6.07) is 14.3. The number of benzene rings is 2. The number of aromatic hydroxyl groups is 1. The number of aliphatic hydroxyl groups is 1. The van der Waals surface area contributed by atoms with Crippen molar-refractivity contribution in [1.82, 2.24) is 0 Å². The predicted molar refractivity (Wildman–Crippen MR) is 72.9 cm³/mol. The SMILES string of the molecule is Oc1ccc2c(c1)C=CC(O)(Oc1ccccc1)C2. The fourth-order valence-corrected chi connectivity index (χ4v) is 2.21. The Bertz CT molecular complexity index is 619. The molecule has 19 heavy (non-hydrogen) atoms. The molecule has 0 heterocycles. The lowest BCUT2D eigenvalue weighted by atomic mass is 9.93. The molecule has 0 fully saturated rings. The van der Waals surface area contributed by atoms with Gasteiger partial charge >= 0.3 is 0 Å². The summed E-state index contributed by atoms with van der Waals surface area (Å²) in [6.45, 7) is 0. The van der Waals surface area contributed by atoms with Crippen LogP contribution in [0.25, 0.3) is 6.08 Å². The Labute approximate surface area is 111 Å². The molecule has 3 nitrogen and oxygen atoms in total. The lowest BCUT2D eigenvalue weighted by Gasteiger charge is -2.29. The molecule has 1 unspecified atom stereocenters. The molecule has 0 bridgehead atoms. The minimum atomic E-state index is -1.34. The van der Waals surface area contributed by atoms with Crippen molar-refractivity contribution in [3.8, 4) is 11.5 Å². The summed E-state index contributed by atoms with van der Waals surface area (Å²) in [6.07, 6.45) is 3.73. The lowest BCUT2D eigenvalue weighted by Crippen LogP contribution is -2.37. The maximum Gasteiger partial charge on any atom is 0.232 e. The topological polar surface area (TPSA) is 49.7 Å². The molecule has 1 aliphatic rings. The van der Waals surface area contributed by atoms with Crippen LogP contribution >= 0.6 is 0 Å². The summed E-state index contributed by atoms with van der Waals surface area (Å²) >= 11 is 0. The molecule has 0 aliphatic heterocycles. The van der Waals surface area contributed by atoms with Crippen molar-refractivity contribution in [3.05, 3.63) is 65.7 Å². The number of fused-ring (bicyclic) bond motifs is 1. The highest BCUT2D eigenvalue weighted by atomic mass is 16.6. The average molecular weight is 254 g/mol. The first-order valence-electron chi connectivity index (χ1n) is 6.12. The van der Waals surface area contributed by atoms with Crippen molar-refractivity contribution in [1.29, 1.82) is 0 Å². The zero-order chi connectivity index (χ0) is 13.3. The Morgan fingerprint density at radius 2 is 1.84 bits per heavy atom. The molecular weight excluding hydrogens is 240 g/mol. The molecule has 0 saturated heterocycles. The number of hydrogen-bond acceptors (Lipinski definition) is 3. The van der Waals surface area contributed by atoms with Crippen LogP contribution in [-0.2, 0) is 6.42 Å². The van der Waals surface area contributed by atoms with Gasteiger partial charge in [-0.25, -0.2) is 0 Å². The third kappa shape index (κ3) is 2.46. The minimum absolute atomic E-state index is 0.220. The number of phenols is 1. The van der Waals surface area contributed by atoms with E-state index in [2.05, 4.69) is 0 Å². The van der Waals surface area contributed by atoms with Gasteiger partial charge in [-0.3, -0.25) is 0 Å². The van der Waals surface area contributed by atoms with E-state index in [0.717, 1.165) is 11.1 Å². The first-order chi connectivity index (χ1) is 9.15. The van der Waals surface area contributed by atoms with Gasteiger partial charge in [0, 0.05) is 6.42 Å². The Balaban J connectivity index is 1.87. The number of rotatable bonds is 2. The second-order valence-corrected chi connectivity index (χ2v) is 4.65. The van der Waals surface area contributed by atoms with Crippen LogP contribution < -0.4 is 4.74 Å². The van der Waals surface area contributed by atoms with E-state index in [0.29, 0.717) is 12.2 Å². The van der Waals surface area contributed by atoms with Crippen LogP contribution in [-0.4, -0.2) is 16.0 Å². The normalized spacial score (nSPS) is 20.9. The quantitative estimate of drug-likeness (QED) is 0.810. The van der Waals surface area contributed by atoms with E-state index in [1.165, 1.54) is 0 Å². The molecule has 2 N–H and O–H groups in total. The number of phenolic OH excluding ortho intramolecular Hbond substituents is 1. The molecule has 2 aromatic carbocycles. The summed E-state index contributed by atoms with van der Waals surface area (Å²) < 4.78 is 5.64. The Morgan fingerprint density at radius 3 is 2.63 bits per heavy atom. The Hall–Kier alpha value is -2.26. The monoisotopic (exact) mass is 254 g/mol. The van der Waals surface area contributed by atoms with Crippen LogP contribution in [0.1, 0.15) is 11.1 Å². The van der Waals surface area contributed by atoms with E-state index in [1.807, 2.05) is 18.2 Å². The fourth-order valence-electron chi connectivity index (χ4n) is 2.21. The van der Waals surface area contributed by atoms with Crippen molar-refractivity contribution in [2.45, 2.75) is 12.2 Å². The molecule has 1 atom stereocenters. The second kappa shape index (κ2) is 4.44. The highest BCUT2D eigenvalue weighted by molar-refractivity contribution is 5.60. The minimum Gasteiger partial charge on any atom is -0.508 e. The van der Waals surface area contributed by atoms with Gasteiger partial charge in [0.1, 0.15) is 11.5 Å². The molecule has 0 spiro atoms. The zero-order valence-corrected chi connectivity index (χ0v) is 10.3. The highest BCUT2D eigenvalue weighted by Gasteiger charge is 2.30. The molecule has 0 amide bonds. The summed E-state index contributed by atoms with van der Waals surface area (Å²) in [5.41, 5.74) is 1.85. The largest absolute Gasteiger partial charge is 0.508 e. The van der Waals surface area contributed by atoms with Crippen molar-refractivity contribution < 1.29 is 14.9 Å². The van der Waals surface area contributed by atoms with Crippen LogP contribution in [0.5, 0.6) is 11.5 Å². The van der Waals surface area contributed by atoms with E-state index in [4.69, 9.17) is 4.74 Å². The van der Waals surface area contributed by atoms with E-state index >= 15 is 0 Å². The third-order valence-electron chi connectivity index (χ3n) is 3.13. The summed E-state index contributed by atoms with van der Waals surface area (Å²) in [5, 5.41) is 19.9. The first kappa shape index (κ1) is 11.8. The molecular formula is C16H14O3. The van der Waals surface area contributed by atoms with Gasteiger partial charge in [0.2, 0.25) is 5.79 Å². The molecule has 0 radical (unpaired) electrons. The van der Waals surface area contributed by atoms with E-state index in [9.17, 15) is 10.2 Å². The third-order valence-corrected chi connectivity index (χ3v) is 3.13. The highest BCUT2D eigenvalue weighted by Crippen LogP contribution is 2.30. The van der Waals surface area contributed by atoms with Gasteiger partial charge in [0.25, 0.3) is 0 Å². The Morgan fingerprint density at radius 1 is 1.05 bits per heavy atom. The summed E-state index contributed by atoms with van der Waals surface area (Å²) in [5.74, 6) is -0.500.